The van der Waals surface area contributed by atoms with Crippen LogP contribution >= 0.6 is 0 Å². The Morgan fingerprint density at radius 2 is 2.00 bits per heavy atom. The molecule has 0 radical (unpaired) electrons. The van der Waals surface area contributed by atoms with Crippen molar-refractivity contribution in [2.75, 3.05) is 0 Å². The van der Waals surface area contributed by atoms with Gasteiger partial charge in [0.1, 0.15) is 5.54 Å². The third-order valence-corrected chi connectivity index (χ3v) is 3.68. The fourth-order valence-corrected chi connectivity index (χ4v) is 2.87. The lowest BCUT2D eigenvalue weighted by atomic mass is 9.74. The third-order valence-electron chi connectivity index (χ3n) is 3.68. The van der Waals surface area contributed by atoms with Crippen molar-refractivity contribution in [3.63, 3.8) is 0 Å². The van der Waals surface area contributed by atoms with Crippen molar-refractivity contribution in [1.82, 2.24) is 5.32 Å². The number of carbonyl (C=O) groups excluding carboxylic acids is 2. The summed E-state index contributed by atoms with van der Waals surface area (Å²) in [4.78, 5) is 23.9. The van der Waals surface area contributed by atoms with Crippen LogP contribution in [0, 0.1) is 6.92 Å². The number of rotatable bonds is 2. The summed E-state index contributed by atoms with van der Waals surface area (Å²) in [6, 6.07) is 7.82. The van der Waals surface area contributed by atoms with Gasteiger partial charge in [0.2, 0.25) is 5.91 Å². The van der Waals surface area contributed by atoms with Gasteiger partial charge in [-0.1, -0.05) is 24.3 Å². The minimum Gasteiger partial charge on any atom is -0.340 e. The molecular formula is C15H19NO2. The number of hydrogen-bond acceptors (Lipinski definition) is 2. The van der Waals surface area contributed by atoms with Crippen LogP contribution in [0.15, 0.2) is 24.3 Å². The van der Waals surface area contributed by atoms with Gasteiger partial charge in [0.25, 0.3) is 0 Å². The molecule has 1 unspecified atom stereocenters. The summed E-state index contributed by atoms with van der Waals surface area (Å²) in [6.07, 6.45) is 3.15. The lowest BCUT2D eigenvalue weighted by Gasteiger charge is -2.37. The molecule has 3 heteroatoms. The molecular weight excluding hydrogens is 226 g/mol. The first-order valence-electron chi connectivity index (χ1n) is 6.44. The molecule has 1 aromatic rings. The Morgan fingerprint density at radius 3 is 2.61 bits per heavy atom. The summed E-state index contributed by atoms with van der Waals surface area (Å²) in [7, 11) is 0. The SMILES string of the molecule is CC(=O)NC1(c2ccccc2C)CCCCC1=O. The second kappa shape index (κ2) is 4.92. The Balaban J connectivity index is 2.51. The Kier molecular flexibility index (Phi) is 3.50. The molecule has 0 saturated heterocycles. The zero-order valence-corrected chi connectivity index (χ0v) is 11.0. The first kappa shape index (κ1) is 12.8. The van der Waals surface area contributed by atoms with Gasteiger partial charge in [-0.15, -0.1) is 0 Å². The van der Waals surface area contributed by atoms with Crippen LogP contribution in [-0.2, 0) is 15.1 Å². The second-order valence-corrected chi connectivity index (χ2v) is 5.03. The molecule has 2 rings (SSSR count). The highest BCUT2D eigenvalue weighted by atomic mass is 16.2. The molecule has 18 heavy (non-hydrogen) atoms. The van der Waals surface area contributed by atoms with Gasteiger partial charge in [-0.05, 0) is 37.3 Å². The average Bonchev–Trinajstić information content (AvgIpc) is 2.32. The molecule has 0 bridgehead atoms. The van der Waals surface area contributed by atoms with Crippen LogP contribution in [-0.4, -0.2) is 11.7 Å². The Hall–Kier alpha value is -1.64. The summed E-state index contributed by atoms with van der Waals surface area (Å²) in [6.45, 7) is 3.46. The fraction of sp³-hybridized carbons (Fsp3) is 0.467. The predicted octanol–water partition coefficient (Wildman–Crippen LogP) is 2.47. The summed E-state index contributed by atoms with van der Waals surface area (Å²) in [5.41, 5.74) is 1.21. The summed E-state index contributed by atoms with van der Waals surface area (Å²) in [5.74, 6) is -0.00764. The fourth-order valence-electron chi connectivity index (χ4n) is 2.87. The molecule has 1 aliphatic rings. The highest BCUT2D eigenvalue weighted by Crippen LogP contribution is 2.36. The largest absolute Gasteiger partial charge is 0.340 e. The van der Waals surface area contributed by atoms with Crippen molar-refractivity contribution in [1.29, 1.82) is 0 Å². The zero-order valence-electron chi connectivity index (χ0n) is 11.0. The van der Waals surface area contributed by atoms with Crippen molar-refractivity contribution in [3.8, 4) is 0 Å². The Morgan fingerprint density at radius 1 is 1.28 bits per heavy atom. The number of nitrogens with one attached hydrogen (secondary N) is 1. The number of amides is 1. The minimum absolute atomic E-state index is 0.137. The number of hydrogen-bond donors (Lipinski definition) is 1. The molecule has 1 aromatic carbocycles. The van der Waals surface area contributed by atoms with E-state index in [1.165, 1.54) is 6.92 Å². The van der Waals surface area contributed by atoms with E-state index >= 15 is 0 Å². The number of ketones is 1. The lowest BCUT2D eigenvalue weighted by molar-refractivity contribution is -0.133. The molecule has 0 spiro atoms. The highest BCUT2D eigenvalue weighted by Gasteiger charge is 2.42. The van der Waals surface area contributed by atoms with E-state index in [-0.39, 0.29) is 11.7 Å². The predicted molar refractivity (Wildman–Crippen MR) is 70.1 cm³/mol. The van der Waals surface area contributed by atoms with Crippen LogP contribution in [0.4, 0.5) is 0 Å². The van der Waals surface area contributed by atoms with Crippen LogP contribution < -0.4 is 5.32 Å². The van der Waals surface area contributed by atoms with Gasteiger partial charge in [0.15, 0.2) is 5.78 Å². The quantitative estimate of drug-likeness (QED) is 0.870. The van der Waals surface area contributed by atoms with Crippen LogP contribution in [0.2, 0.25) is 0 Å². The topological polar surface area (TPSA) is 46.2 Å². The summed E-state index contributed by atoms with van der Waals surface area (Å²) < 4.78 is 0. The van der Waals surface area contributed by atoms with Crippen molar-refractivity contribution >= 4 is 11.7 Å². The van der Waals surface area contributed by atoms with E-state index in [9.17, 15) is 9.59 Å². The highest BCUT2D eigenvalue weighted by molar-refractivity contribution is 5.94. The first-order chi connectivity index (χ1) is 8.56. The standard InChI is InChI=1S/C15H19NO2/c1-11-7-3-4-8-13(11)15(16-12(2)17)10-6-5-9-14(15)18/h3-4,7-8H,5-6,9-10H2,1-2H3,(H,16,17). The van der Waals surface area contributed by atoms with Gasteiger partial charge in [-0.25, -0.2) is 0 Å². The first-order valence-corrected chi connectivity index (χ1v) is 6.44. The maximum atomic E-state index is 12.4. The van der Waals surface area contributed by atoms with Crippen LogP contribution in [0.5, 0.6) is 0 Å². The smallest absolute Gasteiger partial charge is 0.217 e. The van der Waals surface area contributed by atoms with Crippen molar-refractivity contribution < 1.29 is 9.59 Å². The monoisotopic (exact) mass is 245 g/mol. The summed E-state index contributed by atoms with van der Waals surface area (Å²) in [5, 5.41) is 2.91. The van der Waals surface area contributed by atoms with Crippen molar-refractivity contribution in [3.05, 3.63) is 35.4 Å². The van der Waals surface area contributed by atoms with E-state index in [0.717, 1.165) is 24.0 Å². The molecule has 1 amide bonds. The van der Waals surface area contributed by atoms with E-state index < -0.39 is 5.54 Å². The van der Waals surface area contributed by atoms with E-state index in [4.69, 9.17) is 0 Å². The molecule has 0 aliphatic heterocycles. The molecule has 1 atom stereocenters. The van der Waals surface area contributed by atoms with Gasteiger partial charge in [0.05, 0.1) is 0 Å². The molecule has 1 fully saturated rings. The van der Waals surface area contributed by atoms with Gasteiger partial charge in [0, 0.05) is 13.3 Å². The number of aryl methyl sites for hydroxylation is 1. The zero-order chi connectivity index (χ0) is 13.2. The molecule has 0 aromatic heterocycles. The minimum atomic E-state index is -0.796. The van der Waals surface area contributed by atoms with Crippen LogP contribution in [0.25, 0.3) is 0 Å². The molecule has 96 valence electrons. The maximum Gasteiger partial charge on any atom is 0.217 e. The third kappa shape index (κ3) is 2.17. The summed E-state index contributed by atoms with van der Waals surface area (Å²) >= 11 is 0. The Bertz CT molecular complexity index is 481. The van der Waals surface area contributed by atoms with Gasteiger partial charge < -0.3 is 5.32 Å². The Labute approximate surface area is 108 Å². The number of carbonyl (C=O) groups is 2. The normalized spacial score (nSPS) is 23.8. The van der Waals surface area contributed by atoms with E-state index in [1.807, 2.05) is 31.2 Å². The van der Waals surface area contributed by atoms with Crippen LogP contribution in [0.1, 0.15) is 43.7 Å². The molecule has 1 aliphatic carbocycles. The van der Waals surface area contributed by atoms with Crippen molar-refractivity contribution in [2.24, 2.45) is 0 Å². The number of Topliss-reactive ketones (excluding diaryl/α,β-unsaturated/α-hetero) is 1. The van der Waals surface area contributed by atoms with E-state index in [0.29, 0.717) is 12.8 Å². The average molecular weight is 245 g/mol. The van der Waals surface area contributed by atoms with E-state index in [2.05, 4.69) is 5.32 Å². The lowest BCUT2D eigenvalue weighted by Crippen LogP contribution is -2.53. The molecule has 0 heterocycles. The molecule has 3 nitrogen and oxygen atoms in total. The van der Waals surface area contributed by atoms with Gasteiger partial charge in [-0.2, -0.15) is 0 Å². The number of benzene rings is 1. The molecule has 1 saturated carbocycles. The van der Waals surface area contributed by atoms with Gasteiger partial charge in [-0.3, -0.25) is 9.59 Å². The second-order valence-electron chi connectivity index (χ2n) is 5.03. The van der Waals surface area contributed by atoms with Crippen molar-refractivity contribution in [2.45, 2.75) is 45.1 Å². The van der Waals surface area contributed by atoms with E-state index in [1.54, 1.807) is 0 Å². The van der Waals surface area contributed by atoms with Crippen LogP contribution in [0.3, 0.4) is 0 Å². The maximum absolute atomic E-state index is 12.4. The van der Waals surface area contributed by atoms with Gasteiger partial charge >= 0.3 is 0 Å². The molecule has 1 N–H and O–H groups in total.